The summed E-state index contributed by atoms with van der Waals surface area (Å²) in [7, 11) is 0. The van der Waals surface area contributed by atoms with E-state index in [1.165, 1.54) is 0 Å². The largest absolute Gasteiger partial charge is 0.477 e. The number of nitrogens with zero attached hydrogens (tertiary/aromatic N) is 1. The summed E-state index contributed by atoms with van der Waals surface area (Å²) >= 11 is 0. The van der Waals surface area contributed by atoms with Gasteiger partial charge in [-0.05, 0) is 24.8 Å². The fraction of sp³-hybridized carbons (Fsp3) is 0.462. The lowest BCUT2D eigenvalue weighted by Crippen LogP contribution is -2.10. The predicted molar refractivity (Wildman–Crippen MR) is 70.4 cm³/mol. The summed E-state index contributed by atoms with van der Waals surface area (Å²) in [5.41, 5.74) is -1.23. The molecule has 0 aromatic heterocycles. The van der Waals surface area contributed by atoms with Gasteiger partial charge in [-0.3, -0.25) is 10.1 Å². The summed E-state index contributed by atoms with van der Waals surface area (Å²) in [6.45, 7) is 2.06. The number of nitro benzene ring substituents is 1. The van der Waals surface area contributed by atoms with Gasteiger partial charge in [-0.2, -0.15) is 0 Å². The quantitative estimate of drug-likeness (QED) is 0.618. The molecular weight excluding hydrogens is 267 g/mol. The predicted octanol–water partition coefficient (Wildman–Crippen LogP) is 3.03. The van der Waals surface area contributed by atoms with Crippen LogP contribution in [0.25, 0.3) is 0 Å². The van der Waals surface area contributed by atoms with Gasteiger partial charge < -0.3 is 10.4 Å². The molecule has 20 heavy (non-hydrogen) atoms. The second-order valence-electron chi connectivity index (χ2n) is 4.95. The first kappa shape index (κ1) is 14.2. The van der Waals surface area contributed by atoms with Crippen molar-refractivity contribution in [1.29, 1.82) is 0 Å². The number of carboxylic acids is 1. The minimum Gasteiger partial charge on any atom is -0.477 e. The Labute approximate surface area is 114 Å². The van der Waals surface area contributed by atoms with E-state index in [2.05, 4.69) is 12.2 Å². The molecule has 2 atom stereocenters. The summed E-state index contributed by atoms with van der Waals surface area (Å²) in [6.07, 6.45) is 2.97. The standard InChI is InChI=1S/C13H15FN2O4/c1-2-3-7-4-10(7)15-11-5-8(13(17)18)12(16(19)20)6-9(11)14/h5-7,10,15H,2-4H2,1H3,(H,17,18). The third-order valence-corrected chi connectivity index (χ3v) is 3.44. The van der Waals surface area contributed by atoms with Crippen LogP contribution in [0, 0.1) is 21.8 Å². The van der Waals surface area contributed by atoms with E-state index in [1.54, 1.807) is 0 Å². The van der Waals surface area contributed by atoms with Crippen LogP contribution in [0.3, 0.4) is 0 Å². The molecule has 0 bridgehead atoms. The number of halogens is 1. The van der Waals surface area contributed by atoms with Crippen LogP contribution >= 0.6 is 0 Å². The fourth-order valence-corrected chi connectivity index (χ4v) is 2.31. The average Bonchev–Trinajstić information content (AvgIpc) is 3.09. The Hall–Kier alpha value is -2.18. The van der Waals surface area contributed by atoms with Gasteiger partial charge in [0.15, 0.2) is 5.82 Å². The van der Waals surface area contributed by atoms with E-state index in [-0.39, 0.29) is 11.7 Å². The van der Waals surface area contributed by atoms with Crippen molar-refractivity contribution >= 4 is 17.3 Å². The first-order valence-electron chi connectivity index (χ1n) is 6.41. The average molecular weight is 282 g/mol. The highest BCUT2D eigenvalue weighted by atomic mass is 19.1. The highest BCUT2D eigenvalue weighted by molar-refractivity contribution is 5.93. The SMILES string of the molecule is CCCC1CC1Nc1cc(C(=O)O)c([N+](=O)[O-])cc1F. The summed E-state index contributed by atoms with van der Waals surface area (Å²) in [5.74, 6) is -1.78. The van der Waals surface area contributed by atoms with Crippen LogP contribution < -0.4 is 5.32 Å². The molecular formula is C13H15FN2O4. The zero-order valence-corrected chi connectivity index (χ0v) is 10.9. The number of hydrogen-bond acceptors (Lipinski definition) is 4. The monoisotopic (exact) mass is 282 g/mol. The lowest BCUT2D eigenvalue weighted by molar-refractivity contribution is -0.385. The summed E-state index contributed by atoms with van der Waals surface area (Å²) in [6, 6.07) is 1.77. The third kappa shape index (κ3) is 2.87. The molecule has 0 amide bonds. The molecule has 1 aromatic rings. The van der Waals surface area contributed by atoms with Crippen molar-refractivity contribution in [2.45, 2.75) is 32.2 Å². The number of rotatable bonds is 6. The number of hydrogen-bond donors (Lipinski definition) is 2. The molecule has 0 heterocycles. The van der Waals surface area contributed by atoms with Crippen LogP contribution in [0.2, 0.25) is 0 Å². The normalized spacial score (nSPS) is 20.5. The molecule has 6 nitrogen and oxygen atoms in total. The van der Waals surface area contributed by atoms with Gasteiger partial charge >= 0.3 is 5.97 Å². The maximum atomic E-state index is 13.8. The summed E-state index contributed by atoms with van der Waals surface area (Å²) in [4.78, 5) is 20.8. The molecule has 0 saturated heterocycles. The van der Waals surface area contributed by atoms with Crippen molar-refractivity contribution < 1.29 is 19.2 Å². The maximum absolute atomic E-state index is 13.8. The van der Waals surface area contributed by atoms with Crippen molar-refractivity contribution in [1.82, 2.24) is 0 Å². The fourth-order valence-electron chi connectivity index (χ4n) is 2.31. The Balaban J connectivity index is 2.24. The van der Waals surface area contributed by atoms with Crippen molar-refractivity contribution in [2.24, 2.45) is 5.92 Å². The van der Waals surface area contributed by atoms with Crippen LogP contribution in [0.1, 0.15) is 36.5 Å². The molecule has 1 aliphatic rings. The van der Waals surface area contributed by atoms with Gasteiger partial charge in [0, 0.05) is 6.04 Å². The molecule has 2 rings (SSSR count). The number of anilines is 1. The first-order valence-corrected chi connectivity index (χ1v) is 6.41. The molecule has 1 aliphatic carbocycles. The summed E-state index contributed by atoms with van der Waals surface area (Å²) in [5, 5.41) is 22.6. The molecule has 1 aromatic carbocycles. The molecule has 0 spiro atoms. The number of carboxylic acid groups (broad SMARTS) is 1. The molecule has 0 radical (unpaired) electrons. The van der Waals surface area contributed by atoms with Crippen molar-refractivity contribution in [2.75, 3.05) is 5.32 Å². The van der Waals surface area contributed by atoms with Crippen LogP contribution in [-0.2, 0) is 0 Å². The summed E-state index contributed by atoms with van der Waals surface area (Å²) < 4.78 is 13.8. The van der Waals surface area contributed by atoms with Crippen LogP contribution in [0.5, 0.6) is 0 Å². The zero-order valence-electron chi connectivity index (χ0n) is 10.9. The minimum atomic E-state index is -1.44. The van der Waals surface area contributed by atoms with Gasteiger partial charge in [-0.15, -0.1) is 0 Å². The third-order valence-electron chi connectivity index (χ3n) is 3.44. The Morgan fingerprint density at radius 1 is 1.60 bits per heavy atom. The van der Waals surface area contributed by atoms with Gasteiger partial charge in [-0.1, -0.05) is 13.3 Å². The second kappa shape index (κ2) is 5.44. The van der Waals surface area contributed by atoms with Crippen LogP contribution in [0.15, 0.2) is 12.1 Å². The smallest absolute Gasteiger partial charge is 0.342 e. The van der Waals surface area contributed by atoms with Gasteiger partial charge in [0.25, 0.3) is 5.69 Å². The molecule has 2 N–H and O–H groups in total. The molecule has 1 saturated carbocycles. The number of nitrogens with one attached hydrogen (secondary N) is 1. The van der Waals surface area contributed by atoms with E-state index < -0.39 is 28.0 Å². The van der Waals surface area contributed by atoms with Crippen LogP contribution in [0.4, 0.5) is 15.8 Å². The van der Waals surface area contributed by atoms with Gasteiger partial charge in [0.05, 0.1) is 16.7 Å². The Morgan fingerprint density at radius 3 is 2.85 bits per heavy atom. The molecule has 0 aliphatic heterocycles. The lowest BCUT2D eigenvalue weighted by atomic mass is 10.1. The Morgan fingerprint density at radius 2 is 2.30 bits per heavy atom. The number of aromatic carboxylic acids is 1. The van der Waals surface area contributed by atoms with E-state index in [1.807, 2.05) is 0 Å². The van der Waals surface area contributed by atoms with Gasteiger partial charge in [0.2, 0.25) is 0 Å². The van der Waals surface area contributed by atoms with Gasteiger partial charge in [0.1, 0.15) is 5.56 Å². The Kier molecular flexibility index (Phi) is 3.87. The number of nitro groups is 1. The molecule has 108 valence electrons. The highest BCUT2D eigenvalue weighted by Crippen LogP contribution is 2.38. The molecule has 7 heteroatoms. The number of carbonyl (C=O) groups is 1. The van der Waals surface area contributed by atoms with E-state index in [0.29, 0.717) is 12.0 Å². The van der Waals surface area contributed by atoms with E-state index in [0.717, 1.165) is 25.3 Å². The molecule has 2 unspecified atom stereocenters. The zero-order chi connectivity index (χ0) is 14.9. The van der Waals surface area contributed by atoms with E-state index in [9.17, 15) is 19.3 Å². The topological polar surface area (TPSA) is 92.5 Å². The van der Waals surface area contributed by atoms with Crippen molar-refractivity contribution in [3.05, 3.63) is 33.6 Å². The lowest BCUT2D eigenvalue weighted by Gasteiger charge is -2.08. The minimum absolute atomic E-state index is 0.0107. The Bertz CT molecular complexity index is 562. The second-order valence-corrected chi connectivity index (χ2v) is 4.95. The van der Waals surface area contributed by atoms with E-state index >= 15 is 0 Å². The van der Waals surface area contributed by atoms with Crippen molar-refractivity contribution in [3.8, 4) is 0 Å². The molecule has 1 fully saturated rings. The number of benzene rings is 1. The highest BCUT2D eigenvalue weighted by Gasteiger charge is 2.37. The van der Waals surface area contributed by atoms with Crippen molar-refractivity contribution in [3.63, 3.8) is 0 Å². The first-order chi connectivity index (χ1) is 9.43. The van der Waals surface area contributed by atoms with E-state index in [4.69, 9.17) is 5.11 Å². The maximum Gasteiger partial charge on any atom is 0.342 e. The van der Waals surface area contributed by atoms with Crippen LogP contribution in [-0.4, -0.2) is 22.0 Å². The van der Waals surface area contributed by atoms with Gasteiger partial charge in [-0.25, -0.2) is 9.18 Å².